The van der Waals surface area contributed by atoms with Gasteiger partial charge in [0, 0.05) is 21.7 Å². The fourth-order valence-electron chi connectivity index (χ4n) is 4.02. The third-order valence-corrected chi connectivity index (χ3v) is 6.94. The second kappa shape index (κ2) is 8.60. The number of nitrogens with one attached hydrogen (secondary N) is 1. The second-order valence-corrected chi connectivity index (χ2v) is 9.33. The van der Waals surface area contributed by atoms with Crippen LogP contribution in [-0.4, -0.2) is 35.0 Å². The number of aromatic nitrogens is 2. The number of anilines is 2. The lowest BCUT2D eigenvalue weighted by atomic mass is 10.2. The van der Waals surface area contributed by atoms with Crippen LogP contribution >= 0.6 is 23.4 Å². The Morgan fingerprint density at radius 2 is 2.06 bits per heavy atom. The molecule has 1 N–H and O–H groups in total. The Bertz CT molecular complexity index is 1340. The van der Waals surface area contributed by atoms with Crippen LogP contribution in [0.4, 0.5) is 16.2 Å². The summed E-state index contributed by atoms with van der Waals surface area (Å²) in [5, 5.41) is 16.1. The smallest absolute Gasteiger partial charge is 0.501 e. The molecule has 0 bridgehead atoms. The molecule has 3 aromatic rings. The van der Waals surface area contributed by atoms with Gasteiger partial charge in [-0.05, 0) is 43.2 Å². The highest BCUT2D eigenvalue weighted by Crippen LogP contribution is 2.35. The molecule has 170 valence electrons. The number of thioether (sulfide) groups is 1. The van der Waals surface area contributed by atoms with Crippen LogP contribution in [0.5, 0.6) is 0 Å². The molecular weight excluding hydrogens is 468 g/mol. The minimum Gasteiger partial charge on any atom is -0.708 e. The summed E-state index contributed by atoms with van der Waals surface area (Å²) in [5.41, 5.74) is 0.890. The van der Waals surface area contributed by atoms with Gasteiger partial charge < -0.3 is 15.3 Å². The summed E-state index contributed by atoms with van der Waals surface area (Å²) in [6.07, 6.45) is 1.92. The van der Waals surface area contributed by atoms with E-state index >= 15 is 0 Å². The van der Waals surface area contributed by atoms with Crippen molar-refractivity contribution in [2.45, 2.75) is 30.4 Å². The van der Waals surface area contributed by atoms with Crippen molar-refractivity contribution < 1.29 is 19.1 Å². The maximum absolute atomic E-state index is 12.4. The molecule has 0 radical (unpaired) electrons. The third-order valence-electron chi connectivity index (χ3n) is 5.63. The molecule has 3 heterocycles. The summed E-state index contributed by atoms with van der Waals surface area (Å²) >= 11 is 7.38. The van der Waals surface area contributed by atoms with Gasteiger partial charge in [-0.3, -0.25) is 9.69 Å². The molecule has 0 saturated carbocycles. The Labute approximate surface area is 197 Å². The highest BCUT2D eigenvalue weighted by molar-refractivity contribution is 8.00. The van der Waals surface area contributed by atoms with Crippen molar-refractivity contribution in [2.75, 3.05) is 22.5 Å². The number of cyclic esters (lactones) is 1. The highest BCUT2D eigenvalue weighted by Gasteiger charge is 2.33. The SMILES string of the molecule is O=C1CSc2ccc(N3CC(CCCn4cc5ccc(Cl)cc5[n+]([O-])c4=O)OC3=O)cc2N1. The first-order valence-corrected chi connectivity index (χ1v) is 11.7. The molecule has 33 heavy (non-hydrogen) atoms. The highest BCUT2D eigenvalue weighted by atomic mass is 35.5. The zero-order valence-corrected chi connectivity index (χ0v) is 18.9. The number of ether oxygens (including phenoxy) is 1. The van der Waals surface area contributed by atoms with E-state index in [2.05, 4.69) is 5.32 Å². The van der Waals surface area contributed by atoms with E-state index in [1.54, 1.807) is 24.4 Å². The van der Waals surface area contributed by atoms with E-state index in [0.29, 0.717) is 58.2 Å². The maximum Gasteiger partial charge on any atom is 0.501 e. The van der Waals surface area contributed by atoms with E-state index in [1.807, 2.05) is 12.1 Å². The molecule has 2 amide bonds. The molecule has 0 spiro atoms. The zero-order valence-electron chi connectivity index (χ0n) is 17.3. The van der Waals surface area contributed by atoms with Gasteiger partial charge in [0.15, 0.2) is 0 Å². The Morgan fingerprint density at radius 1 is 1.21 bits per heavy atom. The van der Waals surface area contributed by atoms with Crippen LogP contribution in [-0.2, 0) is 16.1 Å². The van der Waals surface area contributed by atoms with E-state index in [0.717, 1.165) is 4.90 Å². The zero-order chi connectivity index (χ0) is 23.1. The normalized spacial score (nSPS) is 17.7. The van der Waals surface area contributed by atoms with Crippen LogP contribution < -0.4 is 20.6 Å². The van der Waals surface area contributed by atoms with Crippen LogP contribution in [0.3, 0.4) is 0 Å². The number of aryl methyl sites for hydroxylation is 1. The first-order valence-electron chi connectivity index (χ1n) is 10.4. The van der Waals surface area contributed by atoms with Gasteiger partial charge in [-0.1, -0.05) is 11.6 Å². The van der Waals surface area contributed by atoms with Gasteiger partial charge >= 0.3 is 11.8 Å². The Kier molecular flexibility index (Phi) is 5.63. The lowest BCUT2D eigenvalue weighted by molar-refractivity contribution is -0.599. The summed E-state index contributed by atoms with van der Waals surface area (Å²) in [6, 6.07) is 10.3. The van der Waals surface area contributed by atoms with Crippen LogP contribution in [0.1, 0.15) is 12.8 Å². The van der Waals surface area contributed by atoms with Crippen molar-refractivity contribution in [3.63, 3.8) is 0 Å². The quantitative estimate of drug-likeness (QED) is 0.438. The molecule has 1 atom stereocenters. The number of amides is 2. The molecule has 2 aliphatic rings. The number of hydrogen-bond acceptors (Lipinski definition) is 6. The van der Waals surface area contributed by atoms with Crippen molar-refractivity contribution in [1.82, 2.24) is 4.57 Å². The number of nitrogens with zero attached hydrogens (tertiary/aromatic N) is 3. The third kappa shape index (κ3) is 4.23. The Hall–Kier alpha value is -3.24. The molecule has 1 saturated heterocycles. The number of rotatable bonds is 5. The van der Waals surface area contributed by atoms with E-state index < -0.39 is 11.8 Å². The van der Waals surface area contributed by atoms with Gasteiger partial charge in [0.05, 0.1) is 29.9 Å². The average Bonchev–Trinajstić information content (AvgIpc) is 3.17. The first-order chi connectivity index (χ1) is 15.9. The molecule has 9 nitrogen and oxygen atoms in total. The average molecular weight is 487 g/mol. The minimum atomic E-state index is -0.677. The molecule has 2 aromatic carbocycles. The van der Waals surface area contributed by atoms with Crippen LogP contribution in [0.25, 0.3) is 10.9 Å². The number of carbonyl (C=O) groups excluding carboxylic acids is 2. The van der Waals surface area contributed by atoms with Crippen molar-refractivity contribution in [3.05, 3.63) is 63.3 Å². The summed E-state index contributed by atoms with van der Waals surface area (Å²) in [4.78, 5) is 39.0. The van der Waals surface area contributed by atoms with E-state index in [9.17, 15) is 19.6 Å². The van der Waals surface area contributed by atoms with Gasteiger partial charge in [0.1, 0.15) is 17.8 Å². The summed E-state index contributed by atoms with van der Waals surface area (Å²) in [6.45, 7) is 0.682. The fourth-order valence-corrected chi connectivity index (χ4v) is 4.97. The lowest BCUT2D eigenvalue weighted by Crippen LogP contribution is -2.50. The predicted octanol–water partition coefficient (Wildman–Crippen LogP) is 3.14. The van der Waals surface area contributed by atoms with Crippen molar-refractivity contribution in [2.24, 2.45) is 0 Å². The van der Waals surface area contributed by atoms with Gasteiger partial charge in [0.25, 0.3) is 0 Å². The van der Waals surface area contributed by atoms with Crippen molar-refractivity contribution in [3.8, 4) is 0 Å². The molecule has 1 aromatic heterocycles. The standard InChI is InChI=1S/C22H19ClN4O5S/c23-14-4-3-13-10-25(21(29)27(31)18(13)8-14)7-1-2-16-11-26(22(30)32-16)15-5-6-19-17(9-15)24-20(28)12-33-19/h3-6,8-10,16H,1-2,7,11-12H2,(H,24,28). The first kappa shape index (κ1) is 21.6. The van der Waals surface area contributed by atoms with Crippen molar-refractivity contribution >= 4 is 57.6 Å². The molecule has 5 rings (SSSR count). The minimum absolute atomic E-state index is 0.0713. The number of hydrogen-bond donors (Lipinski definition) is 1. The summed E-state index contributed by atoms with van der Waals surface area (Å²) < 4.78 is 7.20. The van der Waals surface area contributed by atoms with Crippen molar-refractivity contribution in [1.29, 1.82) is 0 Å². The molecule has 1 unspecified atom stereocenters. The topological polar surface area (TPSA) is 108 Å². The maximum atomic E-state index is 12.4. The number of benzene rings is 2. The molecular formula is C22H19ClN4O5S. The van der Waals surface area contributed by atoms with Crippen LogP contribution in [0.15, 0.2) is 52.3 Å². The van der Waals surface area contributed by atoms with Gasteiger partial charge in [0.2, 0.25) is 5.91 Å². The van der Waals surface area contributed by atoms with E-state index in [4.69, 9.17) is 16.3 Å². The molecule has 11 heteroatoms. The summed E-state index contributed by atoms with van der Waals surface area (Å²) in [7, 11) is 0. The molecule has 2 aliphatic heterocycles. The fraction of sp³-hybridized carbons (Fsp3) is 0.273. The Morgan fingerprint density at radius 3 is 2.91 bits per heavy atom. The number of fused-ring (bicyclic) bond motifs is 2. The van der Waals surface area contributed by atoms with E-state index in [1.165, 1.54) is 27.3 Å². The predicted molar refractivity (Wildman–Crippen MR) is 125 cm³/mol. The number of carbonyl (C=O) groups is 2. The van der Waals surface area contributed by atoms with Crippen LogP contribution in [0.2, 0.25) is 5.02 Å². The molecule has 0 aliphatic carbocycles. The van der Waals surface area contributed by atoms with Crippen LogP contribution in [0, 0.1) is 5.21 Å². The largest absolute Gasteiger partial charge is 0.708 e. The molecule has 1 fully saturated rings. The van der Waals surface area contributed by atoms with E-state index in [-0.39, 0.29) is 17.5 Å². The van der Waals surface area contributed by atoms with Gasteiger partial charge in [-0.25, -0.2) is 4.79 Å². The van der Waals surface area contributed by atoms with Gasteiger partial charge in [-0.2, -0.15) is 14.1 Å². The second-order valence-electron chi connectivity index (χ2n) is 7.88. The Balaban J connectivity index is 1.24. The lowest BCUT2D eigenvalue weighted by Gasteiger charge is -2.19. The number of halogens is 1. The van der Waals surface area contributed by atoms with Gasteiger partial charge in [-0.15, -0.1) is 11.8 Å². The summed E-state index contributed by atoms with van der Waals surface area (Å²) in [5.74, 6) is 0.304. The monoisotopic (exact) mass is 486 g/mol.